The van der Waals surface area contributed by atoms with Gasteiger partial charge in [-0.15, -0.1) is 11.3 Å². The number of carbonyl (C=O) groups excluding carboxylic acids is 1. The predicted octanol–water partition coefficient (Wildman–Crippen LogP) is 1.99. The summed E-state index contributed by atoms with van der Waals surface area (Å²) >= 11 is 0.802. The van der Waals surface area contributed by atoms with Gasteiger partial charge < -0.3 is 11.1 Å². The number of nitrogens with one attached hydrogen (secondary N) is 1. The lowest BCUT2D eigenvalue weighted by molar-refractivity contribution is 0.0943. The topological polar surface area (TPSA) is 89.3 Å². The zero-order chi connectivity index (χ0) is 16.3. The molecule has 0 aliphatic carbocycles. The summed E-state index contributed by atoms with van der Waals surface area (Å²) in [6.07, 6.45) is 1.24. The Kier molecular flexibility index (Phi) is 5.83. The summed E-state index contributed by atoms with van der Waals surface area (Å²) in [7, 11) is -4.79. The molecule has 0 fully saturated rings. The first-order valence-electron chi connectivity index (χ1n) is 6.34. The van der Waals surface area contributed by atoms with Crippen LogP contribution in [0.3, 0.4) is 0 Å². The average Bonchev–Trinajstić information content (AvgIpc) is 2.94. The van der Waals surface area contributed by atoms with Crippen LogP contribution in [0.4, 0.5) is 8.78 Å². The Morgan fingerprint density at radius 2 is 2.00 bits per heavy atom. The summed E-state index contributed by atoms with van der Waals surface area (Å²) in [4.78, 5) is 11.1. The highest BCUT2D eigenvalue weighted by molar-refractivity contribution is 7.92. The minimum Gasteiger partial charge on any atom is -0.349 e. The molecule has 9 heteroatoms. The summed E-state index contributed by atoms with van der Waals surface area (Å²) < 4.78 is 48.1. The van der Waals surface area contributed by atoms with Crippen LogP contribution >= 0.6 is 11.3 Å². The molecule has 0 aliphatic rings. The molecule has 0 saturated carbocycles. The summed E-state index contributed by atoms with van der Waals surface area (Å²) in [5, 5.41) is 3.81. The number of amides is 1. The van der Waals surface area contributed by atoms with Crippen LogP contribution in [0, 0.1) is 0 Å². The van der Waals surface area contributed by atoms with Gasteiger partial charge >= 0.3 is 5.76 Å². The number of carbonyl (C=O) groups is 1. The highest BCUT2D eigenvalue weighted by Gasteiger charge is 2.32. The van der Waals surface area contributed by atoms with Gasteiger partial charge in [-0.1, -0.05) is 13.8 Å². The Morgan fingerprint density at radius 1 is 1.43 bits per heavy atom. The van der Waals surface area contributed by atoms with E-state index >= 15 is 0 Å². The van der Waals surface area contributed by atoms with E-state index in [2.05, 4.69) is 5.32 Å². The van der Waals surface area contributed by atoms with E-state index in [1.165, 1.54) is 5.38 Å². The molecule has 0 unspecified atom stereocenters. The average molecular weight is 340 g/mol. The standard InChI is InChI=1S/C12H18F2N2O3S2/c1-3-12(15,4-2)7-16-10(17)9-8(5-6-20-9)21(18,19)11(13)14/h5-6,11H,3-4,7,15H2,1-2H3,(H,16,17). The molecule has 120 valence electrons. The molecule has 0 aliphatic heterocycles. The van der Waals surface area contributed by atoms with E-state index in [4.69, 9.17) is 5.73 Å². The van der Waals surface area contributed by atoms with Gasteiger partial charge in [-0.2, -0.15) is 8.78 Å². The van der Waals surface area contributed by atoms with Crippen molar-refractivity contribution in [2.45, 2.75) is 42.9 Å². The van der Waals surface area contributed by atoms with Crippen molar-refractivity contribution >= 4 is 27.1 Å². The Balaban J connectivity index is 2.94. The molecule has 0 aromatic carbocycles. The molecule has 3 N–H and O–H groups in total. The molecule has 1 aromatic rings. The van der Waals surface area contributed by atoms with Gasteiger partial charge in [0.1, 0.15) is 4.88 Å². The van der Waals surface area contributed by atoms with Crippen LogP contribution in [0.25, 0.3) is 0 Å². The summed E-state index contributed by atoms with van der Waals surface area (Å²) in [6.45, 7) is 3.88. The molecule has 1 aromatic heterocycles. The maximum absolute atomic E-state index is 12.6. The van der Waals surface area contributed by atoms with E-state index in [1.54, 1.807) is 0 Å². The fourth-order valence-corrected chi connectivity index (χ4v) is 3.70. The molecule has 5 nitrogen and oxygen atoms in total. The number of thiophene rings is 1. The third-order valence-corrected chi connectivity index (χ3v) is 5.85. The van der Waals surface area contributed by atoms with Gasteiger partial charge in [0.05, 0.1) is 4.90 Å². The van der Waals surface area contributed by atoms with Crippen molar-refractivity contribution in [2.75, 3.05) is 6.54 Å². The largest absolute Gasteiger partial charge is 0.349 e. The Hall–Kier alpha value is -1.06. The van der Waals surface area contributed by atoms with Gasteiger partial charge in [0.25, 0.3) is 5.91 Å². The summed E-state index contributed by atoms with van der Waals surface area (Å²) in [5.74, 6) is -4.26. The van der Waals surface area contributed by atoms with Crippen molar-refractivity contribution in [3.63, 3.8) is 0 Å². The molecule has 0 bridgehead atoms. The number of rotatable bonds is 7. The molecule has 1 rings (SSSR count). The van der Waals surface area contributed by atoms with Gasteiger partial charge in [-0.05, 0) is 24.3 Å². The maximum atomic E-state index is 12.6. The second-order valence-electron chi connectivity index (χ2n) is 4.67. The van der Waals surface area contributed by atoms with E-state index < -0.39 is 31.9 Å². The highest BCUT2D eigenvalue weighted by Crippen LogP contribution is 2.26. The zero-order valence-corrected chi connectivity index (χ0v) is 13.4. The second kappa shape index (κ2) is 6.80. The van der Waals surface area contributed by atoms with Crippen LogP contribution in [0.1, 0.15) is 36.4 Å². The molecule has 21 heavy (non-hydrogen) atoms. The number of hydrogen-bond donors (Lipinski definition) is 2. The molecule has 1 amide bonds. The van der Waals surface area contributed by atoms with Gasteiger partial charge in [-0.3, -0.25) is 4.79 Å². The van der Waals surface area contributed by atoms with Gasteiger partial charge in [0, 0.05) is 12.1 Å². The third-order valence-electron chi connectivity index (χ3n) is 3.39. The van der Waals surface area contributed by atoms with Crippen LogP contribution in [-0.2, 0) is 9.84 Å². The molecule has 0 radical (unpaired) electrons. The van der Waals surface area contributed by atoms with Crippen molar-refractivity contribution in [1.82, 2.24) is 5.32 Å². The fourth-order valence-electron chi connectivity index (χ4n) is 1.62. The fraction of sp³-hybridized carbons (Fsp3) is 0.583. The van der Waals surface area contributed by atoms with Crippen molar-refractivity contribution in [2.24, 2.45) is 5.73 Å². The Labute approximate surface area is 126 Å². The Bertz CT molecular complexity index is 595. The number of hydrogen-bond acceptors (Lipinski definition) is 5. The number of halogens is 2. The van der Waals surface area contributed by atoms with Crippen LogP contribution in [0.5, 0.6) is 0 Å². The van der Waals surface area contributed by atoms with Crippen molar-refractivity contribution in [3.8, 4) is 0 Å². The first kappa shape index (κ1) is 18.0. The second-order valence-corrected chi connectivity index (χ2v) is 7.47. The lowest BCUT2D eigenvalue weighted by Gasteiger charge is -2.26. The van der Waals surface area contributed by atoms with E-state index in [0.717, 1.165) is 17.4 Å². The van der Waals surface area contributed by atoms with E-state index in [1.807, 2.05) is 13.8 Å². The maximum Gasteiger partial charge on any atom is 0.341 e. The van der Waals surface area contributed by atoms with Gasteiger partial charge in [0.15, 0.2) is 0 Å². The smallest absolute Gasteiger partial charge is 0.341 e. The molecular formula is C12H18F2N2O3S2. The third kappa shape index (κ3) is 3.98. The molecule has 0 saturated heterocycles. The van der Waals surface area contributed by atoms with Crippen molar-refractivity contribution in [3.05, 3.63) is 16.3 Å². The minimum absolute atomic E-state index is 0.144. The molecule has 1 heterocycles. The van der Waals surface area contributed by atoms with E-state index in [-0.39, 0.29) is 11.4 Å². The normalized spacial score (nSPS) is 12.7. The number of alkyl halides is 2. The number of nitrogens with two attached hydrogens (primary N) is 1. The lowest BCUT2D eigenvalue weighted by atomic mass is 9.94. The summed E-state index contributed by atoms with van der Waals surface area (Å²) in [6, 6.07) is 1.01. The minimum atomic E-state index is -4.79. The highest BCUT2D eigenvalue weighted by atomic mass is 32.2. The van der Waals surface area contributed by atoms with Crippen molar-refractivity contribution < 1.29 is 22.0 Å². The Morgan fingerprint density at radius 3 is 2.48 bits per heavy atom. The number of sulfone groups is 1. The van der Waals surface area contributed by atoms with E-state index in [9.17, 15) is 22.0 Å². The molecule has 0 spiro atoms. The molecular weight excluding hydrogens is 322 g/mol. The van der Waals surface area contributed by atoms with Gasteiger partial charge in [-0.25, -0.2) is 8.42 Å². The van der Waals surface area contributed by atoms with Crippen LogP contribution < -0.4 is 11.1 Å². The SMILES string of the molecule is CCC(N)(CC)CNC(=O)c1sccc1S(=O)(=O)C(F)F. The predicted molar refractivity (Wildman–Crippen MR) is 77.3 cm³/mol. The lowest BCUT2D eigenvalue weighted by Crippen LogP contribution is -2.49. The first-order chi connectivity index (χ1) is 9.68. The van der Waals surface area contributed by atoms with E-state index in [0.29, 0.717) is 12.8 Å². The monoisotopic (exact) mass is 340 g/mol. The zero-order valence-electron chi connectivity index (χ0n) is 11.7. The van der Waals surface area contributed by atoms with Crippen molar-refractivity contribution in [1.29, 1.82) is 0 Å². The quantitative estimate of drug-likeness (QED) is 0.794. The van der Waals surface area contributed by atoms with Crippen LogP contribution in [0.2, 0.25) is 0 Å². The molecule has 0 atom stereocenters. The summed E-state index contributed by atoms with van der Waals surface area (Å²) in [5.41, 5.74) is 5.42. The van der Waals surface area contributed by atoms with Gasteiger partial charge in [0.2, 0.25) is 9.84 Å². The van der Waals surface area contributed by atoms with Crippen LogP contribution in [0.15, 0.2) is 16.3 Å². The van der Waals surface area contributed by atoms with Crippen LogP contribution in [-0.4, -0.2) is 32.2 Å². The first-order valence-corrected chi connectivity index (χ1v) is 8.77.